The number of nitrogens with one attached hydrogen (secondary N) is 1. The molecule has 6 heteroatoms. The summed E-state index contributed by atoms with van der Waals surface area (Å²) < 4.78 is 0. The minimum absolute atomic E-state index is 0.188. The van der Waals surface area contributed by atoms with E-state index in [9.17, 15) is 4.79 Å². The van der Waals surface area contributed by atoms with Crippen LogP contribution in [0.5, 0.6) is 0 Å². The van der Waals surface area contributed by atoms with Crippen LogP contribution >= 0.6 is 23.2 Å². The van der Waals surface area contributed by atoms with Gasteiger partial charge in [-0.3, -0.25) is 4.79 Å². The first-order valence-electron chi connectivity index (χ1n) is 7.56. The Morgan fingerprint density at radius 2 is 1.91 bits per heavy atom. The largest absolute Gasteiger partial charge is 0.357 e. The summed E-state index contributed by atoms with van der Waals surface area (Å²) in [7, 11) is 0. The van der Waals surface area contributed by atoms with Crippen LogP contribution in [0.1, 0.15) is 28.8 Å². The Bertz CT molecular complexity index is 697. The molecule has 2 heterocycles. The van der Waals surface area contributed by atoms with Crippen LogP contribution in [0.2, 0.25) is 10.0 Å². The smallest absolute Gasteiger partial charge is 0.251 e. The summed E-state index contributed by atoms with van der Waals surface area (Å²) in [5.74, 6) is 0.814. The van der Waals surface area contributed by atoms with Crippen LogP contribution in [-0.2, 0) is 6.54 Å². The molecule has 0 atom stereocenters. The van der Waals surface area contributed by atoms with Crippen molar-refractivity contribution in [2.75, 3.05) is 18.0 Å². The number of benzene rings is 1. The lowest BCUT2D eigenvalue weighted by Crippen LogP contribution is -2.23. The highest BCUT2D eigenvalue weighted by Crippen LogP contribution is 2.22. The third-order valence-corrected chi connectivity index (χ3v) is 4.61. The Labute approximate surface area is 145 Å². The first-order chi connectivity index (χ1) is 11.1. The zero-order valence-electron chi connectivity index (χ0n) is 12.6. The number of aromatic nitrogens is 1. The highest BCUT2D eigenvalue weighted by atomic mass is 35.5. The molecule has 1 fully saturated rings. The maximum absolute atomic E-state index is 12.1. The van der Waals surface area contributed by atoms with Crippen molar-refractivity contribution in [3.63, 3.8) is 0 Å². The average molecular weight is 350 g/mol. The highest BCUT2D eigenvalue weighted by molar-refractivity contribution is 6.42. The van der Waals surface area contributed by atoms with Gasteiger partial charge in [0.2, 0.25) is 0 Å². The van der Waals surface area contributed by atoms with Crippen molar-refractivity contribution >= 4 is 34.9 Å². The molecule has 0 aliphatic carbocycles. The summed E-state index contributed by atoms with van der Waals surface area (Å²) in [5, 5.41) is 3.66. The Kier molecular flexibility index (Phi) is 5.03. The van der Waals surface area contributed by atoms with Crippen molar-refractivity contribution in [3.05, 3.63) is 57.7 Å². The molecule has 4 nitrogen and oxygen atoms in total. The maximum atomic E-state index is 12.1. The number of anilines is 1. The van der Waals surface area contributed by atoms with Gasteiger partial charge in [0.05, 0.1) is 10.0 Å². The molecule has 1 aliphatic rings. The number of amides is 1. The van der Waals surface area contributed by atoms with Gasteiger partial charge in [0.1, 0.15) is 5.82 Å². The summed E-state index contributed by atoms with van der Waals surface area (Å²) in [4.78, 5) is 18.9. The minimum Gasteiger partial charge on any atom is -0.357 e. The number of carbonyl (C=O) groups excluding carboxylic acids is 1. The monoisotopic (exact) mass is 349 g/mol. The van der Waals surface area contributed by atoms with Crippen molar-refractivity contribution in [2.24, 2.45) is 0 Å². The van der Waals surface area contributed by atoms with E-state index < -0.39 is 0 Å². The van der Waals surface area contributed by atoms with Gasteiger partial charge in [-0.15, -0.1) is 0 Å². The number of pyridine rings is 1. The topological polar surface area (TPSA) is 45.2 Å². The molecular formula is C17H17Cl2N3O. The van der Waals surface area contributed by atoms with E-state index in [2.05, 4.69) is 15.2 Å². The standard InChI is InChI=1S/C17H17Cl2N3O/c18-14-5-4-13(9-15(14)19)17(23)21-11-12-3-6-16(20-10-12)22-7-1-2-8-22/h3-6,9-10H,1-2,7-8,11H2,(H,21,23). The molecule has 23 heavy (non-hydrogen) atoms. The van der Waals surface area contributed by atoms with Crippen LogP contribution in [0.15, 0.2) is 36.5 Å². The van der Waals surface area contributed by atoms with Gasteiger partial charge in [0.25, 0.3) is 5.91 Å². The van der Waals surface area contributed by atoms with E-state index in [1.54, 1.807) is 18.2 Å². The first-order valence-corrected chi connectivity index (χ1v) is 8.32. The molecule has 1 N–H and O–H groups in total. The number of nitrogens with zero attached hydrogens (tertiary/aromatic N) is 2. The van der Waals surface area contributed by atoms with Crippen molar-refractivity contribution in [1.29, 1.82) is 0 Å². The second-order valence-corrected chi connectivity index (χ2v) is 6.34. The van der Waals surface area contributed by atoms with Crippen LogP contribution in [0.3, 0.4) is 0 Å². The molecule has 3 rings (SSSR count). The van der Waals surface area contributed by atoms with Gasteiger partial charge >= 0.3 is 0 Å². The second kappa shape index (κ2) is 7.20. The summed E-state index contributed by atoms with van der Waals surface area (Å²) >= 11 is 11.8. The van der Waals surface area contributed by atoms with Crippen LogP contribution in [0.4, 0.5) is 5.82 Å². The fourth-order valence-electron chi connectivity index (χ4n) is 2.58. The summed E-state index contributed by atoms with van der Waals surface area (Å²) in [5.41, 5.74) is 1.45. The summed E-state index contributed by atoms with van der Waals surface area (Å²) in [6.07, 6.45) is 4.26. The zero-order valence-corrected chi connectivity index (χ0v) is 14.1. The number of halogens is 2. The van der Waals surface area contributed by atoms with Crippen molar-refractivity contribution < 1.29 is 4.79 Å². The van der Waals surface area contributed by atoms with E-state index in [1.165, 1.54) is 12.8 Å². The Balaban J connectivity index is 1.59. The van der Waals surface area contributed by atoms with Gasteiger partial charge in [0.15, 0.2) is 0 Å². The van der Waals surface area contributed by atoms with Crippen molar-refractivity contribution in [1.82, 2.24) is 10.3 Å². The third kappa shape index (κ3) is 3.95. The Morgan fingerprint density at radius 3 is 2.57 bits per heavy atom. The molecule has 0 unspecified atom stereocenters. The molecule has 1 amide bonds. The van der Waals surface area contributed by atoms with Gasteiger partial charge in [-0.1, -0.05) is 29.3 Å². The first kappa shape index (κ1) is 16.1. The van der Waals surface area contributed by atoms with Gasteiger partial charge in [0, 0.05) is 31.4 Å². The van der Waals surface area contributed by atoms with Gasteiger partial charge < -0.3 is 10.2 Å². The number of rotatable bonds is 4. The van der Waals surface area contributed by atoms with Crippen molar-refractivity contribution in [2.45, 2.75) is 19.4 Å². The molecule has 0 radical (unpaired) electrons. The molecule has 1 saturated heterocycles. The number of hydrogen-bond donors (Lipinski definition) is 1. The fraction of sp³-hybridized carbons (Fsp3) is 0.294. The van der Waals surface area contributed by atoms with Crippen molar-refractivity contribution in [3.8, 4) is 0 Å². The molecule has 0 spiro atoms. The van der Waals surface area contributed by atoms with Gasteiger partial charge in [-0.05, 0) is 42.7 Å². The minimum atomic E-state index is -0.188. The van der Waals surface area contributed by atoms with Crippen LogP contribution < -0.4 is 10.2 Å². The van der Waals surface area contributed by atoms with Crippen LogP contribution in [-0.4, -0.2) is 24.0 Å². The Morgan fingerprint density at radius 1 is 1.13 bits per heavy atom. The molecule has 1 aliphatic heterocycles. The molecule has 0 saturated carbocycles. The maximum Gasteiger partial charge on any atom is 0.251 e. The molecule has 1 aromatic heterocycles. The normalized spacial score (nSPS) is 14.1. The summed E-state index contributed by atoms with van der Waals surface area (Å²) in [6, 6.07) is 8.83. The van der Waals surface area contributed by atoms with Gasteiger partial charge in [-0.2, -0.15) is 0 Å². The van der Waals surface area contributed by atoms with E-state index in [-0.39, 0.29) is 5.91 Å². The molecule has 1 aromatic carbocycles. The third-order valence-electron chi connectivity index (χ3n) is 3.87. The fourth-order valence-corrected chi connectivity index (χ4v) is 2.87. The second-order valence-electron chi connectivity index (χ2n) is 5.53. The van der Waals surface area contributed by atoms with Gasteiger partial charge in [-0.25, -0.2) is 4.98 Å². The average Bonchev–Trinajstić information content (AvgIpc) is 3.10. The lowest BCUT2D eigenvalue weighted by molar-refractivity contribution is 0.0951. The van der Waals surface area contributed by atoms with Crippen LogP contribution in [0.25, 0.3) is 0 Å². The van der Waals surface area contributed by atoms with E-state index in [1.807, 2.05) is 18.3 Å². The molecular weight excluding hydrogens is 333 g/mol. The predicted octanol–water partition coefficient (Wildman–Crippen LogP) is 3.92. The van der Waals surface area contributed by atoms with E-state index in [0.717, 1.165) is 24.5 Å². The lowest BCUT2D eigenvalue weighted by Gasteiger charge is -2.16. The number of carbonyl (C=O) groups is 1. The molecule has 2 aromatic rings. The highest BCUT2D eigenvalue weighted by Gasteiger charge is 2.13. The number of hydrogen-bond acceptors (Lipinski definition) is 3. The Hall–Kier alpha value is -1.78. The van der Waals surface area contributed by atoms with E-state index in [4.69, 9.17) is 23.2 Å². The lowest BCUT2D eigenvalue weighted by atomic mass is 10.2. The predicted molar refractivity (Wildman–Crippen MR) is 93.3 cm³/mol. The SMILES string of the molecule is O=C(NCc1ccc(N2CCCC2)nc1)c1ccc(Cl)c(Cl)c1. The summed E-state index contributed by atoms with van der Waals surface area (Å²) in [6.45, 7) is 2.56. The zero-order chi connectivity index (χ0) is 16.2. The quantitative estimate of drug-likeness (QED) is 0.909. The molecule has 0 bridgehead atoms. The van der Waals surface area contributed by atoms with Crippen LogP contribution in [0, 0.1) is 0 Å². The van der Waals surface area contributed by atoms with E-state index >= 15 is 0 Å². The molecule has 120 valence electrons. The van der Waals surface area contributed by atoms with E-state index in [0.29, 0.717) is 22.2 Å².